The van der Waals surface area contributed by atoms with Crippen LogP contribution >= 0.6 is 11.8 Å². The molecule has 0 radical (unpaired) electrons. The average molecular weight is 286 g/mol. The Morgan fingerprint density at radius 2 is 1.95 bits per heavy atom. The third-order valence-corrected chi connectivity index (χ3v) is 3.29. The van der Waals surface area contributed by atoms with Gasteiger partial charge in [-0.05, 0) is 41.8 Å². The molecule has 104 valence electrons. The van der Waals surface area contributed by atoms with E-state index in [0.29, 0.717) is 12.0 Å². The van der Waals surface area contributed by atoms with Crippen LogP contribution in [-0.2, 0) is 0 Å². The average Bonchev–Trinajstić information content (AvgIpc) is 2.29. The van der Waals surface area contributed by atoms with Crippen LogP contribution in [0.3, 0.4) is 0 Å². The van der Waals surface area contributed by atoms with Crippen LogP contribution in [-0.4, -0.2) is 5.51 Å². The summed E-state index contributed by atoms with van der Waals surface area (Å²) in [5, 5.41) is 0. The molecule has 0 bridgehead atoms. The van der Waals surface area contributed by atoms with Crippen LogP contribution in [0.15, 0.2) is 23.1 Å². The second-order valence-electron chi connectivity index (χ2n) is 4.51. The summed E-state index contributed by atoms with van der Waals surface area (Å²) in [6.07, 6.45) is 1.60. The second kappa shape index (κ2) is 6.91. The van der Waals surface area contributed by atoms with Crippen LogP contribution in [0.2, 0.25) is 0 Å². The molecule has 0 fully saturated rings. The largest absolute Gasteiger partial charge is 0.446 e. The lowest BCUT2D eigenvalue weighted by Crippen LogP contribution is -2.01. The van der Waals surface area contributed by atoms with Gasteiger partial charge < -0.3 is 0 Å². The molecule has 1 aromatic rings. The second-order valence-corrected chi connectivity index (χ2v) is 5.62. The minimum atomic E-state index is -4.28. The molecule has 0 spiro atoms. The van der Waals surface area contributed by atoms with E-state index >= 15 is 0 Å². The van der Waals surface area contributed by atoms with Gasteiger partial charge in [0.05, 0.1) is 0 Å². The van der Waals surface area contributed by atoms with Crippen molar-refractivity contribution in [2.75, 3.05) is 0 Å². The Hall–Kier alpha value is -1.08. The molecule has 0 amide bonds. The molecule has 4 heteroatoms. The number of thioether (sulfide) groups is 1. The highest BCUT2D eigenvalue weighted by molar-refractivity contribution is 8.00. The van der Waals surface area contributed by atoms with E-state index in [4.69, 9.17) is 0 Å². The van der Waals surface area contributed by atoms with Crippen molar-refractivity contribution >= 4 is 11.8 Å². The number of alkyl halides is 3. The van der Waals surface area contributed by atoms with Crippen molar-refractivity contribution in [1.29, 1.82) is 0 Å². The summed E-state index contributed by atoms with van der Waals surface area (Å²) in [7, 11) is 0. The standard InChI is InChI=1S/C15H17F3S/c1-4-5-6-7-12-8-9-13(11(2)3)10-14(12)19-15(16,17)18/h8-11H,4-5H2,1-3H3. The summed E-state index contributed by atoms with van der Waals surface area (Å²) in [5.74, 6) is 5.93. The molecular weight excluding hydrogens is 269 g/mol. The first-order valence-electron chi connectivity index (χ1n) is 6.22. The molecule has 0 aromatic heterocycles. The number of unbranched alkanes of at least 4 members (excludes halogenated alkanes) is 1. The van der Waals surface area contributed by atoms with Crippen LogP contribution in [0.25, 0.3) is 0 Å². The molecular formula is C15H17F3S. The van der Waals surface area contributed by atoms with Gasteiger partial charge in [-0.2, -0.15) is 13.2 Å². The van der Waals surface area contributed by atoms with E-state index in [2.05, 4.69) is 11.8 Å². The fourth-order valence-corrected chi connectivity index (χ4v) is 2.17. The molecule has 0 heterocycles. The van der Waals surface area contributed by atoms with Crippen molar-refractivity contribution in [1.82, 2.24) is 0 Å². The molecule has 1 rings (SSSR count). The maximum Gasteiger partial charge on any atom is 0.446 e. The normalized spacial score (nSPS) is 11.3. The predicted molar refractivity (Wildman–Crippen MR) is 74.2 cm³/mol. The molecule has 0 aliphatic rings. The van der Waals surface area contributed by atoms with Crippen LogP contribution in [0.4, 0.5) is 13.2 Å². The minimum absolute atomic E-state index is 0.0855. The first-order chi connectivity index (χ1) is 8.83. The number of hydrogen-bond acceptors (Lipinski definition) is 1. The molecule has 19 heavy (non-hydrogen) atoms. The summed E-state index contributed by atoms with van der Waals surface area (Å²) < 4.78 is 37.7. The van der Waals surface area contributed by atoms with Crippen molar-refractivity contribution in [3.8, 4) is 11.8 Å². The highest BCUT2D eigenvalue weighted by Gasteiger charge is 2.30. The molecule has 0 saturated heterocycles. The molecule has 0 nitrogen and oxygen atoms in total. The zero-order valence-electron chi connectivity index (χ0n) is 11.3. The van der Waals surface area contributed by atoms with E-state index in [1.54, 1.807) is 12.1 Å². The number of halogens is 3. The van der Waals surface area contributed by atoms with Gasteiger partial charge >= 0.3 is 5.51 Å². The molecule has 0 unspecified atom stereocenters. The van der Waals surface area contributed by atoms with Gasteiger partial charge in [0.2, 0.25) is 0 Å². The van der Waals surface area contributed by atoms with Gasteiger partial charge in [0.1, 0.15) is 0 Å². The van der Waals surface area contributed by atoms with Gasteiger partial charge in [0, 0.05) is 16.9 Å². The van der Waals surface area contributed by atoms with Gasteiger partial charge in [-0.25, -0.2) is 0 Å². The summed E-state index contributed by atoms with van der Waals surface area (Å²) >= 11 is -0.0855. The Labute approximate surface area is 116 Å². The van der Waals surface area contributed by atoms with Crippen LogP contribution in [0.5, 0.6) is 0 Å². The fraction of sp³-hybridized carbons (Fsp3) is 0.467. The Balaban J connectivity index is 3.12. The number of hydrogen-bond donors (Lipinski definition) is 0. The van der Waals surface area contributed by atoms with Crippen LogP contribution in [0, 0.1) is 11.8 Å². The lowest BCUT2D eigenvalue weighted by atomic mass is 10.0. The smallest absolute Gasteiger partial charge is 0.160 e. The maximum absolute atomic E-state index is 12.6. The minimum Gasteiger partial charge on any atom is -0.160 e. The lowest BCUT2D eigenvalue weighted by molar-refractivity contribution is -0.0328. The molecule has 0 saturated carbocycles. The highest BCUT2D eigenvalue weighted by atomic mass is 32.2. The SMILES string of the molecule is CCCC#Cc1ccc(C(C)C)cc1SC(F)(F)F. The van der Waals surface area contributed by atoms with Crippen LogP contribution < -0.4 is 0 Å². The zero-order valence-corrected chi connectivity index (χ0v) is 12.1. The van der Waals surface area contributed by atoms with E-state index in [1.807, 2.05) is 26.8 Å². The van der Waals surface area contributed by atoms with E-state index < -0.39 is 5.51 Å². The molecule has 0 aliphatic heterocycles. The first-order valence-corrected chi connectivity index (χ1v) is 7.03. The van der Waals surface area contributed by atoms with E-state index in [1.165, 1.54) is 0 Å². The quantitative estimate of drug-likeness (QED) is 0.517. The molecule has 1 aromatic carbocycles. The molecule has 0 aliphatic carbocycles. The molecule has 0 N–H and O–H groups in total. The molecule has 0 atom stereocenters. The zero-order chi connectivity index (χ0) is 14.5. The summed E-state index contributed by atoms with van der Waals surface area (Å²) in [6, 6.07) is 5.13. The third-order valence-electron chi connectivity index (χ3n) is 2.50. The van der Waals surface area contributed by atoms with Crippen molar-refractivity contribution < 1.29 is 13.2 Å². The van der Waals surface area contributed by atoms with Crippen molar-refractivity contribution in [2.24, 2.45) is 0 Å². The van der Waals surface area contributed by atoms with E-state index in [9.17, 15) is 13.2 Å². The van der Waals surface area contributed by atoms with Gasteiger partial charge in [0.15, 0.2) is 0 Å². The fourth-order valence-electron chi connectivity index (χ4n) is 1.49. The highest BCUT2D eigenvalue weighted by Crippen LogP contribution is 2.39. The van der Waals surface area contributed by atoms with Crippen molar-refractivity contribution in [3.05, 3.63) is 29.3 Å². The number of benzene rings is 1. The van der Waals surface area contributed by atoms with Crippen molar-refractivity contribution in [2.45, 2.75) is 49.9 Å². The first kappa shape index (κ1) is 16.0. The van der Waals surface area contributed by atoms with Gasteiger partial charge in [0.25, 0.3) is 0 Å². The maximum atomic E-state index is 12.6. The summed E-state index contributed by atoms with van der Waals surface area (Å²) in [6.45, 7) is 5.90. The van der Waals surface area contributed by atoms with Gasteiger partial charge in [-0.3, -0.25) is 0 Å². The summed E-state index contributed by atoms with van der Waals surface area (Å²) in [5.41, 5.74) is -2.93. The van der Waals surface area contributed by atoms with Gasteiger partial charge in [-0.1, -0.05) is 38.7 Å². The topological polar surface area (TPSA) is 0 Å². The predicted octanol–water partition coefficient (Wildman–Crippen LogP) is 5.57. The summed E-state index contributed by atoms with van der Waals surface area (Å²) in [4.78, 5) is 0.197. The Kier molecular flexibility index (Phi) is 5.81. The van der Waals surface area contributed by atoms with E-state index in [-0.39, 0.29) is 22.6 Å². The lowest BCUT2D eigenvalue weighted by Gasteiger charge is -2.11. The van der Waals surface area contributed by atoms with Crippen LogP contribution in [0.1, 0.15) is 50.7 Å². The third kappa shape index (κ3) is 5.61. The Morgan fingerprint density at radius 1 is 1.26 bits per heavy atom. The Bertz CT molecular complexity index is 478. The monoisotopic (exact) mass is 286 g/mol. The Morgan fingerprint density at radius 3 is 2.47 bits per heavy atom. The van der Waals surface area contributed by atoms with E-state index in [0.717, 1.165) is 12.0 Å². The number of rotatable bonds is 3. The van der Waals surface area contributed by atoms with Crippen molar-refractivity contribution in [3.63, 3.8) is 0 Å². The van der Waals surface area contributed by atoms with Gasteiger partial charge in [-0.15, -0.1) is 0 Å².